The van der Waals surface area contributed by atoms with Gasteiger partial charge in [-0.05, 0) is 117 Å². The van der Waals surface area contributed by atoms with Crippen LogP contribution in [0.5, 0.6) is 11.8 Å². The van der Waals surface area contributed by atoms with Crippen LogP contribution in [0, 0.1) is 5.92 Å². The summed E-state index contributed by atoms with van der Waals surface area (Å²) >= 11 is 0. The van der Waals surface area contributed by atoms with Crippen molar-refractivity contribution in [1.82, 2.24) is 25.1 Å². The predicted octanol–water partition coefficient (Wildman–Crippen LogP) is 5.20. The molecule has 0 saturated carbocycles. The van der Waals surface area contributed by atoms with Gasteiger partial charge < -0.3 is 29.9 Å². The highest BCUT2D eigenvalue weighted by Crippen LogP contribution is 2.40. The number of fused-ring (bicyclic) bond motifs is 4. The number of carbonyl (C=O) groups excluding carboxylic acids is 1. The first-order valence-corrected chi connectivity index (χ1v) is 17.1. The first kappa shape index (κ1) is 29.5. The Hall–Kier alpha value is -3.95. The number of hydrogen-bond acceptors (Lipinski definition) is 8. The average molecular weight is 621 g/mol. The molecule has 9 nitrogen and oxygen atoms in total. The Morgan fingerprint density at radius 1 is 0.978 bits per heavy atom. The van der Waals surface area contributed by atoms with Crippen molar-refractivity contribution < 1.29 is 14.6 Å². The Morgan fingerprint density at radius 3 is 2.61 bits per heavy atom. The van der Waals surface area contributed by atoms with E-state index >= 15 is 0 Å². The first-order valence-electron chi connectivity index (χ1n) is 17.1. The zero-order valence-corrected chi connectivity index (χ0v) is 26.7. The molecule has 0 radical (unpaired) electrons. The number of anilines is 1. The van der Waals surface area contributed by atoms with E-state index in [1.54, 1.807) is 6.07 Å². The lowest BCUT2D eigenvalue weighted by atomic mass is 9.95. The van der Waals surface area contributed by atoms with Crippen LogP contribution in [0.2, 0.25) is 0 Å². The van der Waals surface area contributed by atoms with Crippen LogP contribution in [0.15, 0.2) is 54.6 Å². The van der Waals surface area contributed by atoms with Crippen molar-refractivity contribution in [3.63, 3.8) is 0 Å². The SMILES string of the molecule is CN1CCC[C@H]1COc1nc(N2C3CCC2CN(C(=O)CC2CCCNC2)C3)c2ccc(-c3cc(O)cc4ccccc34)cc2n1. The Labute approximate surface area is 270 Å². The van der Waals surface area contributed by atoms with Crippen molar-refractivity contribution in [3.05, 3.63) is 54.6 Å². The van der Waals surface area contributed by atoms with E-state index in [4.69, 9.17) is 14.7 Å². The van der Waals surface area contributed by atoms with Crippen molar-refractivity contribution >= 4 is 33.4 Å². The standard InChI is InChI=1S/C37H44N6O3/c1-41-15-5-8-29(41)23-46-37-39-34-18-26(33-19-30(44)17-25-7-2-3-9-31(25)33)10-13-32(34)36(40-37)43-27-11-12-28(43)22-42(21-27)35(45)16-24-6-4-14-38-20-24/h2-3,7,9-10,13,17-19,24,27-29,38,44H,4-6,8,11-12,14-16,20-23H2,1H3/t24?,27?,28?,29-/m0/s1. The molecule has 4 aliphatic rings. The van der Waals surface area contributed by atoms with Gasteiger partial charge in [-0.15, -0.1) is 0 Å². The van der Waals surface area contributed by atoms with Crippen molar-refractivity contribution in [3.8, 4) is 22.9 Å². The van der Waals surface area contributed by atoms with Gasteiger partial charge in [-0.2, -0.15) is 9.97 Å². The number of nitrogens with zero attached hydrogens (tertiary/aromatic N) is 5. The number of piperazine rings is 1. The summed E-state index contributed by atoms with van der Waals surface area (Å²) in [4.78, 5) is 30.5. The van der Waals surface area contributed by atoms with Gasteiger partial charge in [0.25, 0.3) is 0 Å². The van der Waals surface area contributed by atoms with E-state index in [9.17, 15) is 9.90 Å². The highest BCUT2D eigenvalue weighted by molar-refractivity contribution is 6.01. The van der Waals surface area contributed by atoms with E-state index < -0.39 is 0 Å². The van der Waals surface area contributed by atoms with Crippen molar-refractivity contribution in [1.29, 1.82) is 0 Å². The number of nitrogens with one attached hydrogen (secondary N) is 1. The summed E-state index contributed by atoms with van der Waals surface area (Å²) in [6, 6.07) is 19.3. The molecule has 4 fully saturated rings. The fourth-order valence-electron chi connectivity index (χ4n) is 8.34. The van der Waals surface area contributed by atoms with Crippen molar-refractivity contribution in [2.45, 2.75) is 63.1 Å². The third-order valence-corrected chi connectivity index (χ3v) is 10.8. The second-order valence-electron chi connectivity index (χ2n) is 13.9. The summed E-state index contributed by atoms with van der Waals surface area (Å²) in [5.41, 5.74) is 2.78. The normalized spacial score (nSPS) is 25.1. The molecule has 4 saturated heterocycles. The van der Waals surface area contributed by atoms with Crippen molar-refractivity contribution in [2.75, 3.05) is 51.3 Å². The summed E-state index contributed by atoms with van der Waals surface area (Å²) in [6.07, 6.45) is 7.31. The molecule has 8 rings (SSSR count). The molecule has 1 amide bonds. The molecule has 4 aliphatic heterocycles. The number of benzene rings is 3. The number of carbonyl (C=O) groups is 1. The van der Waals surface area contributed by atoms with Crippen molar-refractivity contribution in [2.24, 2.45) is 5.92 Å². The number of likely N-dealkylation sites (N-methyl/N-ethyl adjacent to an activating group) is 1. The minimum Gasteiger partial charge on any atom is -0.508 e. The zero-order chi connectivity index (χ0) is 31.2. The maximum Gasteiger partial charge on any atom is 0.319 e. The monoisotopic (exact) mass is 620 g/mol. The molecule has 2 N–H and O–H groups in total. The number of ether oxygens (including phenoxy) is 1. The molecule has 3 unspecified atom stereocenters. The van der Waals surface area contributed by atoms with Crippen LogP contribution in [-0.2, 0) is 4.79 Å². The molecule has 4 atom stereocenters. The Kier molecular flexibility index (Phi) is 7.90. The fraction of sp³-hybridized carbons (Fsp3) is 0.486. The maximum atomic E-state index is 13.4. The topological polar surface area (TPSA) is 94.1 Å². The van der Waals surface area contributed by atoms with E-state index in [1.807, 2.05) is 24.3 Å². The number of phenols is 1. The number of likely N-dealkylation sites (tertiary alicyclic amines) is 2. The van der Waals surface area contributed by atoms with Gasteiger partial charge in [-0.25, -0.2) is 0 Å². The predicted molar refractivity (Wildman–Crippen MR) is 181 cm³/mol. The van der Waals surface area contributed by atoms with Gasteiger partial charge in [0.05, 0.1) is 5.52 Å². The van der Waals surface area contributed by atoms with Gasteiger partial charge in [-0.1, -0.05) is 30.3 Å². The number of amides is 1. The second-order valence-corrected chi connectivity index (χ2v) is 13.9. The quantitative estimate of drug-likeness (QED) is 0.291. The first-order chi connectivity index (χ1) is 22.5. The average Bonchev–Trinajstić information content (AvgIpc) is 3.60. The van der Waals surface area contributed by atoms with Crippen LogP contribution in [-0.4, -0.2) is 95.3 Å². The third kappa shape index (κ3) is 5.64. The number of aromatic nitrogens is 2. The molecule has 0 aliphatic carbocycles. The maximum absolute atomic E-state index is 13.4. The van der Waals surface area contributed by atoms with Gasteiger partial charge >= 0.3 is 6.01 Å². The van der Waals surface area contributed by atoms with Crippen LogP contribution in [0.3, 0.4) is 0 Å². The highest BCUT2D eigenvalue weighted by Gasteiger charge is 2.43. The smallest absolute Gasteiger partial charge is 0.319 e. The molecule has 240 valence electrons. The molecular formula is C37H44N6O3. The Bertz CT molecular complexity index is 1740. The Morgan fingerprint density at radius 2 is 1.83 bits per heavy atom. The summed E-state index contributed by atoms with van der Waals surface area (Å²) in [6.45, 7) is 5.13. The molecule has 4 aromatic rings. The minimum absolute atomic E-state index is 0.216. The molecular weight excluding hydrogens is 576 g/mol. The molecule has 9 heteroatoms. The molecule has 0 spiro atoms. The summed E-state index contributed by atoms with van der Waals surface area (Å²) in [5.74, 6) is 1.89. The van der Waals surface area contributed by atoms with E-state index in [-0.39, 0.29) is 17.8 Å². The van der Waals surface area contributed by atoms with Gasteiger partial charge in [0.1, 0.15) is 18.2 Å². The summed E-state index contributed by atoms with van der Waals surface area (Å²) in [7, 11) is 2.16. The lowest BCUT2D eigenvalue weighted by molar-refractivity contribution is -0.133. The number of hydrogen-bond donors (Lipinski definition) is 2. The number of rotatable bonds is 7. The molecule has 5 heterocycles. The van der Waals surface area contributed by atoms with Crippen LogP contribution >= 0.6 is 0 Å². The lowest BCUT2D eigenvalue weighted by Crippen LogP contribution is -2.56. The van der Waals surface area contributed by atoms with Crippen LogP contribution in [0.1, 0.15) is 44.9 Å². The van der Waals surface area contributed by atoms with E-state index in [0.717, 1.165) is 103 Å². The largest absolute Gasteiger partial charge is 0.508 e. The molecule has 46 heavy (non-hydrogen) atoms. The van der Waals surface area contributed by atoms with Gasteiger partial charge in [0.15, 0.2) is 0 Å². The number of aromatic hydroxyl groups is 1. The van der Waals surface area contributed by atoms with E-state index in [1.165, 1.54) is 6.42 Å². The molecule has 3 aromatic carbocycles. The number of piperidine rings is 1. The van der Waals surface area contributed by atoms with E-state index in [2.05, 4.69) is 51.3 Å². The molecule has 1 aromatic heterocycles. The van der Waals surface area contributed by atoms with Crippen LogP contribution in [0.25, 0.3) is 32.8 Å². The summed E-state index contributed by atoms with van der Waals surface area (Å²) < 4.78 is 6.37. The van der Waals surface area contributed by atoms with Crippen LogP contribution < -0.4 is 15.0 Å². The lowest BCUT2D eigenvalue weighted by Gasteiger charge is -2.42. The second kappa shape index (κ2) is 12.3. The highest BCUT2D eigenvalue weighted by atomic mass is 16.5. The van der Waals surface area contributed by atoms with Gasteiger partial charge in [0, 0.05) is 43.0 Å². The fourth-order valence-corrected chi connectivity index (χ4v) is 8.34. The van der Waals surface area contributed by atoms with Gasteiger partial charge in [0.2, 0.25) is 5.91 Å². The Balaban J connectivity index is 1.13. The zero-order valence-electron chi connectivity index (χ0n) is 26.7. The van der Waals surface area contributed by atoms with Crippen LogP contribution in [0.4, 0.5) is 5.82 Å². The van der Waals surface area contributed by atoms with Gasteiger partial charge in [-0.3, -0.25) is 4.79 Å². The van der Waals surface area contributed by atoms with E-state index in [0.29, 0.717) is 36.9 Å². The summed E-state index contributed by atoms with van der Waals surface area (Å²) in [5, 5.41) is 17.1. The third-order valence-electron chi connectivity index (χ3n) is 10.8. The minimum atomic E-state index is 0.216. The molecule has 2 bridgehead atoms. The number of phenolic OH excluding ortho intramolecular Hbond substituents is 1.